The van der Waals surface area contributed by atoms with Crippen molar-refractivity contribution >= 4 is 54.3 Å². The van der Waals surface area contributed by atoms with E-state index in [2.05, 4.69) is 4.98 Å². The molecule has 0 radical (unpaired) electrons. The van der Waals surface area contributed by atoms with Crippen LogP contribution in [-0.4, -0.2) is 13.4 Å². The van der Waals surface area contributed by atoms with Crippen molar-refractivity contribution in [3.63, 3.8) is 0 Å². The second-order valence-corrected chi connectivity index (χ2v) is 6.38. The Kier molecular flexibility index (Phi) is 3.22. The standard InChI is InChI=1S/C4H2Cl3NO2S2/c5-1-2-3(12(7,9)10)11-4(6)8-2/h1H2. The van der Waals surface area contributed by atoms with E-state index < -0.39 is 9.05 Å². The molecule has 0 bridgehead atoms. The van der Waals surface area contributed by atoms with Gasteiger partial charge < -0.3 is 0 Å². The molecule has 1 heterocycles. The van der Waals surface area contributed by atoms with E-state index in [4.69, 9.17) is 33.9 Å². The molecule has 0 unspecified atom stereocenters. The Hall–Kier alpha value is 0.450. The molecule has 8 heteroatoms. The highest BCUT2D eigenvalue weighted by atomic mass is 35.7. The van der Waals surface area contributed by atoms with Crippen molar-refractivity contribution in [3.05, 3.63) is 10.2 Å². The van der Waals surface area contributed by atoms with Gasteiger partial charge in [-0.05, 0) is 0 Å². The fraction of sp³-hybridized carbons (Fsp3) is 0.250. The molecule has 0 amide bonds. The number of alkyl halides is 1. The zero-order valence-corrected chi connectivity index (χ0v) is 9.32. The summed E-state index contributed by atoms with van der Waals surface area (Å²) in [6, 6.07) is 0. The van der Waals surface area contributed by atoms with Crippen LogP contribution in [0, 0.1) is 0 Å². The Morgan fingerprint density at radius 1 is 1.50 bits per heavy atom. The number of halogens is 3. The van der Waals surface area contributed by atoms with Crippen molar-refractivity contribution < 1.29 is 8.42 Å². The number of nitrogens with zero attached hydrogens (tertiary/aromatic N) is 1. The van der Waals surface area contributed by atoms with Gasteiger partial charge in [-0.1, -0.05) is 22.9 Å². The third-order valence-corrected chi connectivity index (χ3v) is 4.56. The van der Waals surface area contributed by atoms with Crippen LogP contribution in [-0.2, 0) is 14.9 Å². The first-order chi connectivity index (χ1) is 5.45. The monoisotopic (exact) mass is 265 g/mol. The van der Waals surface area contributed by atoms with Crippen molar-refractivity contribution in [2.45, 2.75) is 10.1 Å². The summed E-state index contributed by atoms with van der Waals surface area (Å²) in [5, 5.41) is 0. The van der Waals surface area contributed by atoms with Gasteiger partial charge in [0, 0.05) is 10.7 Å². The molecular weight excluding hydrogens is 265 g/mol. The molecule has 0 fully saturated rings. The summed E-state index contributed by atoms with van der Waals surface area (Å²) in [6.07, 6.45) is 0. The lowest BCUT2D eigenvalue weighted by Crippen LogP contribution is -1.91. The minimum Gasteiger partial charge on any atom is -0.227 e. The van der Waals surface area contributed by atoms with Crippen molar-refractivity contribution in [2.75, 3.05) is 0 Å². The Labute approximate surface area is 87.7 Å². The third-order valence-electron chi connectivity index (χ3n) is 0.983. The summed E-state index contributed by atoms with van der Waals surface area (Å²) < 4.78 is 21.7. The molecule has 12 heavy (non-hydrogen) atoms. The highest BCUT2D eigenvalue weighted by molar-refractivity contribution is 8.15. The molecule has 0 N–H and O–H groups in total. The Morgan fingerprint density at radius 3 is 2.42 bits per heavy atom. The van der Waals surface area contributed by atoms with Crippen LogP contribution >= 0.6 is 45.2 Å². The SMILES string of the molecule is O=S(=O)(Cl)c1sc(Cl)nc1CCl. The van der Waals surface area contributed by atoms with Crippen LogP contribution in [0.1, 0.15) is 5.69 Å². The molecule has 3 nitrogen and oxygen atoms in total. The maximum absolute atomic E-state index is 10.8. The number of hydrogen-bond acceptors (Lipinski definition) is 4. The van der Waals surface area contributed by atoms with Gasteiger partial charge in [-0.3, -0.25) is 0 Å². The molecule has 0 spiro atoms. The van der Waals surface area contributed by atoms with Crippen LogP contribution in [0.2, 0.25) is 4.47 Å². The second-order valence-electron chi connectivity index (χ2n) is 1.77. The third kappa shape index (κ3) is 2.23. The molecular formula is C4H2Cl3NO2S2. The van der Waals surface area contributed by atoms with Gasteiger partial charge in [0.2, 0.25) is 0 Å². The summed E-state index contributed by atoms with van der Waals surface area (Å²) in [5.74, 6) is -0.0233. The van der Waals surface area contributed by atoms with Crippen LogP contribution in [0.25, 0.3) is 0 Å². The van der Waals surface area contributed by atoms with E-state index >= 15 is 0 Å². The van der Waals surface area contributed by atoms with Crippen LogP contribution in [0.5, 0.6) is 0 Å². The van der Waals surface area contributed by atoms with Crippen LogP contribution < -0.4 is 0 Å². The molecule has 0 aliphatic carbocycles. The van der Waals surface area contributed by atoms with Gasteiger partial charge in [0.15, 0.2) is 8.68 Å². The highest BCUT2D eigenvalue weighted by Gasteiger charge is 2.20. The van der Waals surface area contributed by atoms with Gasteiger partial charge in [-0.2, -0.15) is 0 Å². The lowest BCUT2D eigenvalue weighted by molar-refractivity contribution is 0.610. The van der Waals surface area contributed by atoms with Gasteiger partial charge >= 0.3 is 0 Å². The molecule has 68 valence electrons. The van der Waals surface area contributed by atoms with Gasteiger partial charge in [0.25, 0.3) is 9.05 Å². The van der Waals surface area contributed by atoms with Gasteiger partial charge in [0.05, 0.1) is 11.6 Å². The summed E-state index contributed by atoms with van der Waals surface area (Å²) in [6.45, 7) is 0. The molecule has 1 rings (SSSR count). The van der Waals surface area contributed by atoms with Crippen LogP contribution in [0.3, 0.4) is 0 Å². The topological polar surface area (TPSA) is 47.0 Å². The molecule has 0 saturated carbocycles. The van der Waals surface area contributed by atoms with E-state index in [0.29, 0.717) is 0 Å². The molecule has 0 saturated heterocycles. The molecule has 0 atom stereocenters. The zero-order valence-electron chi connectivity index (χ0n) is 5.42. The number of rotatable bonds is 2. The van der Waals surface area contributed by atoms with E-state index in [1.54, 1.807) is 0 Å². The number of hydrogen-bond donors (Lipinski definition) is 0. The van der Waals surface area contributed by atoms with Gasteiger partial charge in [0.1, 0.15) is 0 Å². The summed E-state index contributed by atoms with van der Waals surface area (Å²) in [4.78, 5) is 3.68. The predicted molar refractivity (Wildman–Crippen MR) is 49.7 cm³/mol. The van der Waals surface area contributed by atoms with Crippen LogP contribution in [0.4, 0.5) is 0 Å². The lowest BCUT2D eigenvalue weighted by atomic mass is 10.6. The maximum atomic E-state index is 10.8. The zero-order chi connectivity index (χ0) is 9.35. The van der Waals surface area contributed by atoms with Gasteiger partial charge in [-0.25, -0.2) is 13.4 Å². The Balaban J connectivity index is 3.33. The first-order valence-corrected chi connectivity index (χ1v) is 6.65. The molecule has 1 aromatic heterocycles. The fourth-order valence-corrected chi connectivity index (χ4v) is 3.54. The Morgan fingerprint density at radius 2 is 2.08 bits per heavy atom. The van der Waals surface area contributed by atoms with Crippen molar-refractivity contribution in [1.29, 1.82) is 0 Å². The van der Waals surface area contributed by atoms with E-state index in [1.165, 1.54) is 0 Å². The molecule has 0 aromatic carbocycles. The molecule has 0 aliphatic heterocycles. The summed E-state index contributed by atoms with van der Waals surface area (Å²) >= 11 is 11.7. The lowest BCUT2D eigenvalue weighted by Gasteiger charge is -1.90. The Bertz CT molecular complexity index is 385. The van der Waals surface area contributed by atoms with Gasteiger partial charge in [-0.15, -0.1) is 11.6 Å². The average Bonchev–Trinajstić information content (AvgIpc) is 2.29. The largest absolute Gasteiger partial charge is 0.272 e. The molecule has 0 aliphatic rings. The number of aromatic nitrogens is 1. The van der Waals surface area contributed by atoms with E-state index in [0.717, 1.165) is 11.3 Å². The average molecular weight is 267 g/mol. The fourth-order valence-electron chi connectivity index (χ4n) is 0.585. The van der Waals surface area contributed by atoms with Crippen molar-refractivity contribution in [1.82, 2.24) is 4.98 Å². The minimum atomic E-state index is -3.77. The maximum Gasteiger partial charge on any atom is 0.272 e. The summed E-state index contributed by atoms with van der Waals surface area (Å²) in [5.41, 5.74) is 0.196. The predicted octanol–water partition coefficient (Wildman–Crippen LogP) is 2.46. The van der Waals surface area contributed by atoms with Crippen molar-refractivity contribution in [3.8, 4) is 0 Å². The second kappa shape index (κ2) is 3.67. The number of thiazole rings is 1. The van der Waals surface area contributed by atoms with Crippen molar-refractivity contribution in [2.24, 2.45) is 0 Å². The first kappa shape index (κ1) is 10.5. The quantitative estimate of drug-likeness (QED) is 0.610. The normalized spacial score (nSPS) is 11.9. The van der Waals surface area contributed by atoms with E-state index in [1.807, 2.05) is 0 Å². The highest BCUT2D eigenvalue weighted by Crippen LogP contribution is 2.30. The van der Waals surface area contributed by atoms with E-state index in [-0.39, 0.29) is 20.2 Å². The smallest absolute Gasteiger partial charge is 0.227 e. The van der Waals surface area contributed by atoms with Crippen LogP contribution in [0.15, 0.2) is 4.21 Å². The van der Waals surface area contributed by atoms with E-state index in [9.17, 15) is 8.42 Å². The first-order valence-electron chi connectivity index (χ1n) is 2.61. The summed E-state index contributed by atoms with van der Waals surface area (Å²) in [7, 11) is 1.32. The minimum absolute atomic E-state index is 0.0233. The molecule has 1 aromatic rings.